The fourth-order valence-electron chi connectivity index (χ4n) is 2.85. The Kier molecular flexibility index (Phi) is 6.05. The van der Waals surface area contributed by atoms with Gasteiger partial charge in [-0.2, -0.15) is 5.10 Å². The Morgan fingerprint density at radius 3 is 2.77 bits per heavy atom. The maximum Gasteiger partial charge on any atom is 0.272 e. The summed E-state index contributed by atoms with van der Waals surface area (Å²) in [6.07, 6.45) is 1.73. The highest BCUT2D eigenvalue weighted by Gasteiger charge is 2.23. The highest BCUT2D eigenvalue weighted by molar-refractivity contribution is 7.90. The minimum Gasteiger partial charge on any atom is -0.344 e. The number of halogens is 2. The Bertz CT molecular complexity index is 930. The Morgan fingerprint density at radius 1 is 1.38 bits per heavy atom. The van der Waals surface area contributed by atoms with Crippen LogP contribution in [-0.4, -0.2) is 37.3 Å². The second-order valence-electron chi connectivity index (χ2n) is 6.11. The number of rotatable bonds is 4. The molecular formula is C16H20ClFN4O3S. The highest BCUT2D eigenvalue weighted by atomic mass is 35.5. The van der Waals surface area contributed by atoms with Crippen LogP contribution >= 0.6 is 12.4 Å². The van der Waals surface area contributed by atoms with Crippen molar-refractivity contribution < 1.29 is 17.6 Å². The quantitative estimate of drug-likeness (QED) is 0.719. The molecule has 26 heavy (non-hydrogen) atoms. The van der Waals surface area contributed by atoms with Crippen LogP contribution in [0.2, 0.25) is 0 Å². The number of amides is 1. The lowest BCUT2D eigenvalue weighted by Gasteiger charge is -2.16. The van der Waals surface area contributed by atoms with Crippen molar-refractivity contribution in [1.82, 2.24) is 20.8 Å². The SMILES string of the molecule is CC(NC(=O)c1n[nH]c2c1CNCC2)c1ccc(S(C)(=O)=O)c(F)c1.Cl. The first-order valence-corrected chi connectivity index (χ1v) is 9.73. The summed E-state index contributed by atoms with van der Waals surface area (Å²) in [5.74, 6) is -1.19. The van der Waals surface area contributed by atoms with Gasteiger partial charge in [0, 0.05) is 37.0 Å². The van der Waals surface area contributed by atoms with Crippen molar-refractivity contribution >= 4 is 28.2 Å². The molecule has 2 heterocycles. The van der Waals surface area contributed by atoms with Crippen molar-refractivity contribution in [1.29, 1.82) is 0 Å². The van der Waals surface area contributed by atoms with E-state index >= 15 is 0 Å². The van der Waals surface area contributed by atoms with Crippen LogP contribution in [0.25, 0.3) is 0 Å². The van der Waals surface area contributed by atoms with Gasteiger partial charge < -0.3 is 10.6 Å². The molecule has 1 amide bonds. The van der Waals surface area contributed by atoms with Crippen LogP contribution in [0.4, 0.5) is 4.39 Å². The first-order chi connectivity index (χ1) is 11.8. The fourth-order valence-corrected chi connectivity index (χ4v) is 3.58. The molecule has 1 aromatic heterocycles. The molecule has 1 aliphatic heterocycles. The van der Waals surface area contributed by atoms with Gasteiger partial charge in [0.2, 0.25) is 0 Å². The first-order valence-electron chi connectivity index (χ1n) is 7.84. The van der Waals surface area contributed by atoms with E-state index < -0.39 is 21.7 Å². The molecule has 1 aromatic carbocycles. The van der Waals surface area contributed by atoms with E-state index in [1.807, 2.05) is 0 Å². The second-order valence-corrected chi connectivity index (χ2v) is 8.10. The number of nitrogens with one attached hydrogen (secondary N) is 3. The molecule has 0 saturated heterocycles. The molecule has 1 unspecified atom stereocenters. The van der Waals surface area contributed by atoms with Crippen LogP contribution in [-0.2, 0) is 22.8 Å². The van der Waals surface area contributed by atoms with Crippen molar-refractivity contribution in [2.75, 3.05) is 12.8 Å². The molecule has 3 N–H and O–H groups in total. The van der Waals surface area contributed by atoms with E-state index in [9.17, 15) is 17.6 Å². The summed E-state index contributed by atoms with van der Waals surface area (Å²) in [6, 6.07) is 3.33. The third-order valence-corrected chi connectivity index (χ3v) is 5.35. The largest absolute Gasteiger partial charge is 0.344 e. The van der Waals surface area contributed by atoms with Gasteiger partial charge in [0.1, 0.15) is 10.7 Å². The molecule has 0 spiro atoms. The van der Waals surface area contributed by atoms with Crippen molar-refractivity contribution in [3.05, 3.63) is 46.5 Å². The fraction of sp³-hybridized carbons (Fsp3) is 0.375. The monoisotopic (exact) mass is 402 g/mol. The standard InChI is InChI=1S/C16H19FN4O3S.ClH/c1-9(10-3-4-14(12(17)7-10)25(2,23)24)19-16(22)15-11-8-18-6-5-13(11)20-21-15;/h3-4,7,9,18H,5-6,8H2,1-2H3,(H,19,22)(H,20,21);1H. The van der Waals surface area contributed by atoms with Crippen molar-refractivity contribution in [2.24, 2.45) is 0 Å². The van der Waals surface area contributed by atoms with E-state index in [1.165, 1.54) is 12.1 Å². The van der Waals surface area contributed by atoms with E-state index in [0.717, 1.165) is 36.5 Å². The van der Waals surface area contributed by atoms with Crippen LogP contribution in [0, 0.1) is 5.82 Å². The molecule has 1 aliphatic rings. The van der Waals surface area contributed by atoms with E-state index in [1.54, 1.807) is 6.92 Å². The van der Waals surface area contributed by atoms with Gasteiger partial charge in [-0.1, -0.05) is 6.07 Å². The molecule has 0 radical (unpaired) electrons. The third kappa shape index (κ3) is 4.05. The Morgan fingerprint density at radius 2 is 2.12 bits per heavy atom. The molecule has 0 aliphatic carbocycles. The second kappa shape index (κ2) is 7.73. The zero-order valence-corrected chi connectivity index (χ0v) is 15.9. The topological polar surface area (TPSA) is 104 Å². The zero-order valence-electron chi connectivity index (χ0n) is 14.3. The molecule has 3 rings (SSSR count). The maximum absolute atomic E-state index is 14.0. The van der Waals surface area contributed by atoms with Crippen molar-refractivity contribution in [3.63, 3.8) is 0 Å². The van der Waals surface area contributed by atoms with Gasteiger partial charge in [0.15, 0.2) is 15.5 Å². The van der Waals surface area contributed by atoms with Crippen LogP contribution in [0.3, 0.4) is 0 Å². The average Bonchev–Trinajstić information content (AvgIpc) is 2.97. The third-order valence-electron chi connectivity index (χ3n) is 4.22. The van der Waals surface area contributed by atoms with E-state index in [0.29, 0.717) is 17.8 Å². The van der Waals surface area contributed by atoms with Crippen molar-refractivity contribution in [3.8, 4) is 0 Å². The summed E-state index contributed by atoms with van der Waals surface area (Å²) in [6.45, 7) is 3.10. The van der Waals surface area contributed by atoms with Gasteiger partial charge in [-0.05, 0) is 24.6 Å². The van der Waals surface area contributed by atoms with Crippen LogP contribution in [0.1, 0.15) is 40.3 Å². The van der Waals surface area contributed by atoms with Gasteiger partial charge in [-0.25, -0.2) is 12.8 Å². The molecule has 1 atom stereocenters. The van der Waals surface area contributed by atoms with Gasteiger partial charge in [-0.3, -0.25) is 9.89 Å². The molecule has 7 nitrogen and oxygen atoms in total. The predicted octanol–water partition coefficient (Wildman–Crippen LogP) is 1.51. The predicted molar refractivity (Wildman–Crippen MR) is 96.6 cm³/mol. The summed E-state index contributed by atoms with van der Waals surface area (Å²) in [4.78, 5) is 12.1. The van der Waals surface area contributed by atoms with E-state index in [4.69, 9.17) is 0 Å². The van der Waals surface area contributed by atoms with Crippen LogP contribution < -0.4 is 10.6 Å². The van der Waals surface area contributed by atoms with Gasteiger partial charge in [-0.15, -0.1) is 12.4 Å². The van der Waals surface area contributed by atoms with Crippen LogP contribution in [0.15, 0.2) is 23.1 Å². The highest BCUT2D eigenvalue weighted by Crippen LogP contribution is 2.21. The van der Waals surface area contributed by atoms with Gasteiger partial charge in [0.25, 0.3) is 5.91 Å². The smallest absolute Gasteiger partial charge is 0.272 e. The maximum atomic E-state index is 14.0. The van der Waals surface area contributed by atoms with E-state index in [2.05, 4.69) is 20.8 Å². The number of fused-ring (bicyclic) bond motifs is 1. The minimum absolute atomic E-state index is 0. The lowest BCUT2D eigenvalue weighted by Crippen LogP contribution is -2.30. The molecule has 0 saturated carbocycles. The van der Waals surface area contributed by atoms with Crippen molar-refractivity contribution in [2.45, 2.75) is 30.8 Å². The summed E-state index contributed by atoms with van der Waals surface area (Å²) in [5, 5.41) is 12.9. The Labute approximate surface area is 157 Å². The molecule has 0 bridgehead atoms. The molecule has 0 fully saturated rings. The number of hydrogen-bond donors (Lipinski definition) is 3. The molecule has 142 valence electrons. The summed E-state index contributed by atoms with van der Waals surface area (Å²) in [7, 11) is -3.63. The van der Waals surface area contributed by atoms with Gasteiger partial charge >= 0.3 is 0 Å². The lowest BCUT2D eigenvalue weighted by atomic mass is 10.1. The van der Waals surface area contributed by atoms with Crippen LogP contribution in [0.5, 0.6) is 0 Å². The Hall–Kier alpha value is -1.97. The molecule has 2 aromatic rings. The number of sulfone groups is 1. The minimum atomic E-state index is -3.63. The molecular weight excluding hydrogens is 383 g/mol. The van der Waals surface area contributed by atoms with Gasteiger partial charge in [0.05, 0.1) is 6.04 Å². The average molecular weight is 403 g/mol. The summed E-state index contributed by atoms with van der Waals surface area (Å²) >= 11 is 0. The summed E-state index contributed by atoms with van der Waals surface area (Å²) in [5.41, 5.74) is 2.58. The summed E-state index contributed by atoms with van der Waals surface area (Å²) < 4.78 is 37.0. The number of benzene rings is 1. The normalized spacial score (nSPS) is 14.9. The first kappa shape index (κ1) is 20.3. The number of aromatic nitrogens is 2. The number of hydrogen-bond acceptors (Lipinski definition) is 5. The number of nitrogens with zero attached hydrogens (tertiary/aromatic N) is 1. The van der Waals surface area contributed by atoms with E-state index in [-0.39, 0.29) is 23.2 Å². The number of carbonyl (C=O) groups excluding carboxylic acids is 1. The lowest BCUT2D eigenvalue weighted by molar-refractivity contribution is 0.0933. The zero-order chi connectivity index (χ0) is 18.2. The number of aromatic amines is 1. The Balaban J connectivity index is 0.00000243. The number of H-pyrrole nitrogens is 1. The number of carbonyl (C=O) groups is 1. The molecule has 10 heteroatoms.